The molecule has 0 spiro atoms. The molecule has 1 aliphatic carbocycles. The largest absolute Gasteiger partial charge is 0.478 e. The van der Waals surface area contributed by atoms with Crippen molar-refractivity contribution in [3.8, 4) is 0 Å². The first-order valence-corrected chi connectivity index (χ1v) is 9.18. The number of carboxylic acid groups (broad SMARTS) is 1. The van der Waals surface area contributed by atoms with Crippen molar-refractivity contribution in [1.29, 1.82) is 0 Å². The second kappa shape index (κ2) is 7.81. The Morgan fingerprint density at radius 2 is 1.88 bits per heavy atom. The van der Waals surface area contributed by atoms with E-state index in [0.29, 0.717) is 6.42 Å². The number of rotatable bonds is 6. The van der Waals surface area contributed by atoms with Crippen LogP contribution in [0.2, 0.25) is 0 Å². The summed E-state index contributed by atoms with van der Waals surface area (Å²) in [6.45, 7) is 1.49. The first-order chi connectivity index (χ1) is 11.6. The summed E-state index contributed by atoms with van der Waals surface area (Å²) in [5.74, 6) is 0.182. The van der Waals surface area contributed by atoms with E-state index in [4.69, 9.17) is 5.11 Å². The zero-order valence-corrected chi connectivity index (χ0v) is 14.2. The van der Waals surface area contributed by atoms with Gasteiger partial charge in [-0.15, -0.1) is 0 Å². The Balaban J connectivity index is 1.40. The highest BCUT2D eigenvalue weighted by molar-refractivity contribution is 5.86. The highest BCUT2D eigenvalue weighted by Crippen LogP contribution is 2.29. The molecule has 3 rings (SSSR count). The number of piperidine rings is 1. The molecule has 2 heterocycles. The number of hydrogen-bond donors (Lipinski definition) is 1. The summed E-state index contributed by atoms with van der Waals surface area (Å²) in [5, 5.41) is 13.1. The van der Waals surface area contributed by atoms with Crippen molar-refractivity contribution in [3.05, 3.63) is 18.0 Å². The van der Waals surface area contributed by atoms with Gasteiger partial charge < -0.3 is 10.0 Å². The van der Waals surface area contributed by atoms with Gasteiger partial charge in [-0.3, -0.25) is 9.48 Å². The number of aromatic carboxylic acids is 1. The SMILES string of the molecule is O=C(O)c1cnn(C2CCN(C(=O)CCCC3CCCC3)CC2)c1. The minimum absolute atomic E-state index is 0.195. The molecule has 0 bridgehead atoms. The predicted molar refractivity (Wildman–Crippen MR) is 89.8 cm³/mol. The van der Waals surface area contributed by atoms with E-state index in [0.717, 1.165) is 38.3 Å². The molecule has 0 unspecified atom stereocenters. The van der Waals surface area contributed by atoms with E-state index in [9.17, 15) is 9.59 Å². The molecule has 1 aromatic heterocycles. The molecule has 0 atom stereocenters. The van der Waals surface area contributed by atoms with E-state index in [2.05, 4.69) is 5.10 Å². The van der Waals surface area contributed by atoms with Crippen LogP contribution in [0.15, 0.2) is 12.4 Å². The maximum absolute atomic E-state index is 12.3. The number of likely N-dealkylation sites (tertiary alicyclic amines) is 1. The zero-order valence-electron chi connectivity index (χ0n) is 14.2. The van der Waals surface area contributed by atoms with Crippen LogP contribution in [0.5, 0.6) is 0 Å². The number of aromatic nitrogens is 2. The van der Waals surface area contributed by atoms with Crippen LogP contribution in [0.4, 0.5) is 0 Å². The van der Waals surface area contributed by atoms with Gasteiger partial charge in [-0.05, 0) is 31.6 Å². The Morgan fingerprint density at radius 1 is 1.17 bits per heavy atom. The monoisotopic (exact) mass is 333 g/mol. The number of carboxylic acids is 1. The molecule has 1 N–H and O–H groups in total. The van der Waals surface area contributed by atoms with Crippen LogP contribution in [0.3, 0.4) is 0 Å². The molecule has 6 nitrogen and oxygen atoms in total. The maximum atomic E-state index is 12.3. The molecule has 1 saturated carbocycles. The molecule has 1 aliphatic heterocycles. The number of nitrogens with zero attached hydrogens (tertiary/aromatic N) is 3. The summed E-state index contributed by atoms with van der Waals surface area (Å²) < 4.78 is 1.74. The topological polar surface area (TPSA) is 75.4 Å². The van der Waals surface area contributed by atoms with Crippen LogP contribution in [0, 0.1) is 5.92 Å². The lowest BCUT2D eigenvalue weighted by Crippen LogP contribution is -2.39. The van der Waals surface area contributed by atoms with E-state index in [1.807, 2.05) is 4.90 Å². The summed E-state index contributed by atoms with van der Waals surface area (Å²) in [7, 11) is 0. The van der Waals surface area contributed by atoms with Crippen molar-refractivity contribution >= 4 is 11.9 Å². The van der Waals surface area contributed by atoms with Gasteiger partial charge >= 0.3 is 5.97 Å². The van der Waals surface area contributed by atoms with Crippen molar-refractivity contribution in [1.82, 2.24) is 14.7 Å². The fourth-order valence-corrected chi connectivity index (χ4v) is 4.03. The summed E-state index contributed by atoms with van der Waals surface area (Å²) in [6, 6.07) is 0.195. The van der Waals surface area contributed by atoms with Gasteiger partial charge in [-0.2, -0.15) is 5.10 Å². The molecular formula is C18H27N3O3. The Kier molecular flexibility index (Phi) is 5.53. The highest BCUT2D eigenvalue weighted by atomic mass is 16.4. The summed E-state index contributed by atoms with van der Waals surface area (Å²) in [5.41, 5.74) is 0.223. The third-order valence-electron chi connectivity index (χ3n) is 5.52. The van der Waals surface area contributed by atoms with Crippen molar-refractivity contribution in [2.24, 2.45) is 5.92 Å². The fourth-order valence-electron chi connectivity index (χ4n) is 4.03. The van der Waals surface area contributed by atoms with E-state index in [-0.39, 0.29) is 17.5 Å². The maximum Gasteiger partial charge on any atom is 0.338 e. The van der Waals surface area contributed by atoms with Gasteiger partial charge in [0.15, 0.2) is 0 Å². The molecular weight excluding hydrogens is 306 g/mol. The molecule has 6 heteroatoms. The quantitative estimate of drug-likeness (QED) is 0.868. The lowest BCUT2D eigenvalue weighted by molar-refractivity contribution is -0.132. The standard InChI is InChI=1S/C18H27N3O3/c22-17(7-3-6-14-4-1-2-5-14)20-10-8-16(9-11-20)21-13-15(12-19-21)18(23)24/h12-14,16H,1-11H2,(H,23,24). The van der Waals surface area contributed by atoms with E-state index < -0.39 is 5.97 Å². The molecule has 2 aliphatic rings. The van der Waals surface area contributed by atoms with Gasteiger partial charge in [-0.25, -0.2) is 4.79 Å². The van der Waals surface area contributed by atoms with E-state index in [1.165, 1.54) is 38.3 Å². The van der Waals surface area contributed by atoms with Gasteiger partial charge in [0.1, 0.15) is 0 Å². The third-order valence-corrected chi connectivity index (χ3v) is 5.52. The van der Waals surface area contributed by atoms with Gasteiger partial charge in [0.25, 0.3) is 0 Å². The van der Waals surface area contributed by atoms with Crippen LogP contribution in [0.25, 0.3) is 0 Å². The second-order valence-electron chi connectivity index (χ2n) is 7.17. The average Bonchev–Trinajstić information content (AvgIpc) is 3.26. The summed E-state index contributed by atoms with van der Waals surface area (Å²) in [6.07, 6.45) is 13.0. The first-order valence-electron chi connectivity index (χ1n) is 9.18. The lowest BCUT2D eigenvalue weighted by atomic mass is 9.99. The van der Waals surface area contributed by atoms with Crippen molar-refractivity contribution in [3.63, 3.8) is 0 Å². The van der Waals surface area contributed by atoms with Crippen LogP contribution in [-0.4, -0.2) is 44.8 Å². The molecule has 1 saturated heterocycles. The average molecular weight is 333 g/mol. The smallest absolute Gasteiger partial charge is 0.338 e. The second-order valence-corrected chi connectivity index (χ2v) is 7.17. The molecule has 0 aromatic carbocycles. The Labute approximate surface area is 142 Å². The van der Waals surface area contributed by atoms with E-state index in [1.54, 1.807) is 10.9 Å². The van der Waals surface area contributed by atoms with Crippen LogP contribution < -0.4 is 0 Å². The minimum Gasteiger partial charge on any atom is -0.478 e. The van der Waals surface area contributed by atoms with Gasteiger partial charge in [0.2, 0.25) is 5.91 Å². The first kappa shape index (κ1) is 17.0. The lowest BCUT2D eigenvalue weighted by Gasteiger charge is -2.32. The zero-order chi connectivity index (χ0) is 16.9. The Bertz CT molecular complexity index is 570. The Hall–Kier alpha value is -1.85. The normalized spacial score (nSPS) is 19.8. The summed E-state index contributed by atoms with van der Waals surface area (Å²) in [4.78, 5) is 25.2. The van der Waals surface area contributed by atoms with Crippen molar-refractivity contribution < 1.29 is 14.7 Å². The number of carbonyl (C=O) groups excluding carboxylic acids is 1. The van der Waals surface area contributed by atoms with Crippen LogP contribution in [0.1, 0.15) is 74.2 Å². The molecule has 2 fully saturated rings. The Morgan fingerprint density at radius 3 is 2.50 bits per heavy atom. The molecule has 24 heavy (non-hydrogen) atoms. The number of carbonyl (C=O) groups is 2. The summed E-state index contributed by atoms with van der Waals surface area (Å²) >= 11 is 0. The number of amides is 1. The van der Waals surface area contributed by atoms with Crippen molar-refractivity contribution in [2.45, 2.75) is 63.8 Å². The molecule has 1 aromatic rings. The molecule has 0 radical (unpaired) electrons. The van der Waals surface area contributed by atoms with Crippen molar-refractivity contribution in [2.75, 3.05) is 13.1 Å². The van der Waals surface area contributed by atoms with E-state index >= 15 is 0 Å². The predicted octanol–water partition coefficient (Wildman–Crippen LogP) is 3.11. The van der Waals surface area contributed by atoms with Gasteiger partial charge in [-0.1, -0.05) is 25.7 Å². The van der Waals surface area contributed by atoms with Gasteiger partial charge in [0.05, 0.1) is 17.8 Å². The van der Waals surface area contributed by atoms with Gasteiger partial charge in [0, 0.05) is 25.7 Å². The number of hydrogen-bond acceptors (Lipinski definition) is 3. The highest BCUT2D eigenvalue weighted by Gasteiger charge is 2.25. The molecule has 1 amide bonds. The van der Waals surface area contributed by atoms with Crippen LogP contribution >= 0.6 is 0 Å². The third kappa shape index (κ3) is 4.16. The minimum atomic E-state index is -0.948. The molecule has 132 valence electrons. The van der Waals surface area contributed by atoms with Crippen LogP contribution in [-0.2, 0) is 4.79 Å². The fraction of sp³-hybridized carbons (Fsp3) is 0.722.